The largest absolute Gasteiger partial charge is 0.272 e. The summed E-state index contributed by atoms with van der Waals surface area (Å²) in [6.45, 7) is 5.53. The summed E-state index contributed by atoms with van der Waals surface area (Å²) in [6.07, 6.45) is 1.69. The number of fused-ring (bicyclic) bond motifs is 1. The summed E-state index contributed by atoms with van der Waals surface area (Å²) in [5.41, 5.74) is 6.84. The lowest BCUT2D eigenvalue weighted by Crippen LogP contribution is -2.21. The summed E-state index contributed by atoms with van der Waals surface area (Å²) < 4.78 is 3.38. The average molecular weight is 325 g/mol. The molecule has 124 valence electrons. The minimum atomic E-state index is -0.289. The average Bonchev–Trinajstić information content (AvgIpc) is 3.08. The fourth-order valence-corrected chi connectivity index (χ4v) is 2.73. The quantitative estimate of drug-likeness (QED) is 0.583. The predicted molar refractivity (Wildman–Crippen MR) is 90.9 cm³/mol. The molecule has 0 aliphatic heterocycles. The first-order chi connectivity index (χ1) is 11.4. The van der Waals surface area contributed by atoms with E-state index in [9.17, 15) is 4.79 Å². The second-order valence-corrected chi connectivity index (χ2v) is 5.70. The van der Waals surface area contributed by atoms with Crippen molar-refractivity contribution in [1.82, 2.24) is 30.0 Å². The van der Waals surface area contributed by atoms with Crippen molar-refractivity contribution in [3.63, 3.8) is 0 Å². The van der Waals surface area contributed by atoms with Crippen molar-refractivity contribution in [2.24, 2.45) is 19.2 Å². The van der Waals surface area contributed by atoms with E-state index in [0.29, 0.717) is 16.9 Å². The number of nitrogens with zero attached hydrogens (tertiary/aromatic N) is 6. The molecule has 0 radical (unpaired) electrons. The normalized spacial score (nSPS) is 12.0. The zero-order chi connectivity index (χ0) is 17.4. The number of nitrogens with one attached hydrogen (secondary N) is 1. The fourth-order valence-electron chi connectivity index (χ4n) is 2.73. The second-order valence-electron chi connectivity index (χ2n) is 5.70. The molecule has 1 amide bonds. The maximum absolute atomic E-state index is 12.6. The molecule has 3 heterocycles. The molecule has 0 aromatic carbocycles. The van der Waals surface area contributed by atoms with E-state index in [0.717, 1.165) is 22.5 Å². The molecule has 3 aromatic rings. The molecule has 0 aliphatic rings. The van der Waals surface area contributed by atoms with Crippen LogP contribution in [-0.4, -0.2) is 36.2 Å². The van der Waals surface area contributed by atoms with Crippen LogP contribution in [-0.2, 0) is 14.1 Å². The van der Waals surface area contributed by atoms with Gasteiger partial charge in [-0.1, -0.05) is 0 Å². The Bertz CT molecular complexity index is 964. The van der Waals surface area contributed by atoms with Crippen molar-refractivity contribution in [2.75, 3.05) is 0 Å². The number of hydrazone groups is 1. The van der Waals surface area contributed by atoms with E-state index in [-0.39, 0.29) is 5.91 Å². The van der Waals surface area contributed by atoms with Gasteiger partial charge < -0.3 is 0 Å². The van der Waals surface area contributed by atoms with E-state index >= 15 is 0 Å². The summed E-state index contributed by atoms with van der Waals surface area (Å²) in [4.78, 5) is 17.1. The topological polar surface area (TPSA) is 90.0 Å². The van der Waals surface area contributed by atoms with Gasteiger partial charge in [-0.05, 0) is 32.9 Å². The van der Waals surface area contributed by atoms with Gasteiger partial charge >= 0.3 is 0 Å². The first kappa shape index (κ1) is 15.9. The monoisotopic (exact) mass is 325 g/mol. The van der Waals surface area contributed by atoms with E-state index in [1.807, 2.05) is 40.9 Å². The molecule has 24 heavy (non-hydrogen) atoms. The van der Waals surface area contributed by atoms with Crippen LogP contribution in [0.1, 0.15) is 34.4 Å². The minimum absolute atomic E-state index is 0.289. The number of pyridine rings is 1. The fraction of sp³-hybridized carbons (Fsp3) is 0.312. The van der Waals surface area contributed by atoms with E-state index in [2.05, 4.69) is 25.7 Å². The van der Waals surface area contributed by atoms with E-state index in [1.54, 1.807) is 21.6 Å². The molecule has 0 saturated heterocycles. The third-order valence-electron chi connectivity index (χ3n) is 3.86. The SMILES string of the molecule is C/C(=N/NC(=O)c1cc(C)nc2c1c(C)nn2C)c1ccnn1C. The van der Waals surface area contributed by atoms with Crippen LogP contribution in [0.25, 0.3) is 11.0 Å². The molecule has 0 aliphatic carbocycles. The molecule has 0 bridgehead atoms. The lowest BCUT2D eigenvalue weighted by Gasteiger charge is -2.06. The first-order valence-corrected chi connectivity index (χ1v) is 7.52. The van der Waals surface area contributed by atoms with Crippen molar-refractivity contribution < 1.29 is 4.79 Å². The summed E-state index contributed by atoms with van der Waals surface area (Å²) >= 11 is 0. The zero-order valence-corrected chi connectivity index (χ0v) is 14.3. The standard InChI is InChI=1S/C16H19N7O/c1-9-8-12(14-11(3)21-23(5)15(14)18-9)16(24)20-19-10(2)13-6-7-17-22(13)4/h6-8H,1-5H3,(H,20,24)/b19-10-. The Kier molecular flexibility index (Phi) is 3.88. The molecule has 3 rings (SSSR count). The third-order valence-corrected chi connectivity index (χ3v) is 3.86. The van der Waals surface area contributed by atoms with Crippen molar-refractivity contribution in [3.8, 4) is 0 Å². The summed E-state index contributed by atoms with van der Waals surface area (Å²) in [5, 5.41) is 13.4. The molecule has 3 aromatic heterocycles. The summed E-state index contributed by atoms with van der Waals surface area (Å²) in [7, 11) is 3.64. The Balaban J connectivity index is 1.96. The number of hydrogen-bond acceptors (Lipinski definition) is 5. The van der Waals surface area contributed by atoms with Gasteiger partial charge in [-0.2, -0.15) is 15.3 Å². The molecular weight excluding hydrogens is 306 g/mol. The van der Waals surface area contributed by atoms with Gasteiger partial charge in [-0.3, -0.25) is 14.2 Å². The Hall–Kier alpha value is -3.03. The van der Waals surface area contributed by atoms with E-state index in [1.165, 1.54) is 0 Å². The first-order valence-electron chi connectivity index (χ1n) is 7.52. The van der Waals surface area contributed by atoms with Crippen LogP contribution in [0.5, 0.6) is 0 Å². The molecule has 0 saturated carbocycles. The Labute approximate surface area is 139 Å². The zero-order valence-electron chi connectivity index (χ0n) is 14.3. The molecule has 0 atom stereocenters. The van der Waals surface area contributed by atoms with Gasteiger partial charge in [0.1, 0.15) is 0 Å². The highest BCUT2D eigenvalue weighted by Gasteiger charge is 2.17. The highest BCUT2D eigenvalue weighted by molar-refractivity contribution is 6.07. The summed E-state index contributed by atoms with van der Waals surface area (Å²) in [5.74, 6) is -0.289. The number of amides is 1. The van der Waals surface area contributed by atoms with Gasteiger partial charge in [0.25, 0.3) is 5.91 Å². The van der Waals surface area contributed by atoms with Gasteiger partial charge in [-0.15, -0.1) is 0 Å². The van der Waals surface area contributed by atoms with Crippen molar-refractivity contribution >= 4 is 22.7 Å². The number of rotatable bonds is 3. The van der Waals surface area contributed by atoms with Gasteiger partial charge in [0.05, 0.1) is 28.0 Å². The Morgan fingerprint density at radius 1 is 1.25 bits per heavy atom. The van der Waals surface area contributed by atoms with Crippen LogP contribution in [0, 0.1) is 13.8 Å². The van der Waals surface area contributed by atoms with Gasteiger partial charge in [0, 0.05) is 26.0 Å². The smallest absolute Gasteiger partial charge is 0.267 e. The minimum Gasteiger partial charge on any atom is -0.267 e. The number of carbonyl (C=O) groups is 1. The van der Waals surface area contributed by atoms with Gasteiger partial charge in [-0.25, -0.2) is 10.4 Å². The molecular formula is C16H19N7O. The van der Waals surface area contributed by atoms with Crippen LogP contribution in [0.3, 0.4) is 0 Å². The van der Waals surface area contributed by atoms with E-state index in [4.69, 9.17) is 0 Å². The lowest BCUT2D eigenvalue weighted by molar-refractivity contribution is 0.0956. The molecule has 1 N–H and O–H groups in total. The second kappa shape index (κ2) is 5.88. The summed E-state index contributed by atoms with van der Waals surface area (Å²) in [6, 6.07) is 3.59. The van der Waals surface area contributed by atoms with Crippen LogP contribution in [0.2, 0.25) is 0 Å². The number of aromatic nitrogens is 5. The number of aryl methyl sites for hydroxylation is 4. The predicted octanol–water partition coefficient (Wildman–Crippen LogP) is 1.47. The van der Waals surface area contributed by atoms with Crippen LogP contribution < -0.4 is 5.43 Å². The maximum atomic E-state index is 12.6. The Morgan fingerprint density at radius 2 is 2.00 bits per heavy atom. The number of hydrogen-bond donors (Lipinski definition) is 1. The Morgan fingerprint density at radius 3 is 2.67 bits per heavy atom. The number of carbonyl (C=O) groups excluding carboxylic acids is 1. The molecule has 0 unspecified atom stereocenters. The van der Waals surface area contributed by atoms with E-state index < -0.39 is 0 Å². The highest BCUT2D eigenvalue weighted by Crippen LogP contribution is 2.21. The van der Waals surface area contributed by atoms with Crippen molar-refractivity contribution in [3.05, 3.63) is 41.0 Å². The highest BCUT2D eigenvalue weighted by atomic mass is 16.2. The molecule has 0 fully saturated rings. The maximum Gasteiger partial charge on any atom is 0.272 e. The molecule has 8 nitrogen and oxygen atoms in total. The van der Waals surface area contributed by atoms with Crippen LogP contribution in [0.4, 0.5) is 0 Å². The third kappa shape index (κ3) is 2.66. The van der Waals surface area contributed by atoms with Crippen LogP contribution in [0.15, 0.2) is 23.4 Å². The molecule has 8 heteroatoms. The van der Waals surface area contributed by atoms with Crippen molar-refractivity contribution in [2.45, 2.75) is 20.8 Å². The lowest BCUT2D eigenvalue weighted by atomic mass is 10.1. The van der Waals surface area contributed by atoms with Gasteiger partial charge in [0.2, 0.25) is 0 Å². The van der Waals surface area contributed by atoms with Gasteiger partial charge in [0.15, 0.2) is 5.65 Å². The molecule has 0 spiro atoms. The van der Waals surface area contributed by atoms with Crippen LogP contribution >= 0.6 is 0 Å². The van der Waals surface area contributed by atoms with Crippen molar-refractivity contribution in [1.29, 1.82) is 0 Å².